The Morgan fingerprint density at radius 1 is 1.14 bits per heavy atom. The van der Waals surface area contributed by atoms with E-state index in [1.165, 1.54) is 0 Å². The molecule has 1 aromatic heterocycles. The first-order valence-corrected chi connectivity index (χ1v) is 10.8. The van der Waals surface area contributed by atoms with Crippen molar-refractivity contribution in [1.82, 2.24) is 15.2 Å². The largest absolute Gasteiger partial charge is 0.362 e. The van der Waals surface area contributed by atoms with Crippen LogP contribution in [0.15, 0.2) is 42.6 Å². The fourth-order valence-electron chi connectivity index (χ4n) is 3.13. The van der Waals surface area contributed by atoms with Gasteiger partial charge in [0, 0.05) is 62.7 Å². The Hall–Kier alpha value is -2.74. The predicted molar refractivity (Wildman–Crippen MR) is 118 cm³/mol. The summed E-state index contributed by atoms with van der Waals surface area (Å²) >= 11 is 1.89. The fourth-order valence-corrected chi connectivity index (χ4v) is 4.03. The van der Waals surface area contributed by atoms with E-state index in [4.69, 9.17) is 0 Å². The average Bonchev–Trinajstić information content (AvgIpc) is 2.74. The molecule has 0 atom stereocenters. The molecule has 3 rings (SSSR count). The van der Waals surface area contributed by atoms with Gasteiger partial charge in [0.05, 0.1) is 6.42 Å². The summed E-state index contributed by atoms with van der Waals surface area (Å²) in [5, 5.41) is 5.68. The number of aromatic nitrogens is 1. The highest BCUT2D eigenvalue weighted by Gasteiger charge is 2.16. The monoisotopic (exact) mass is 413 g/mol. The van der Waals surface area contributed by atoms with Gasteiger partial charge in [-0.1, -0.05) is 18.2 Å². The van der Waals surface area contributed by atoms with Gasteiger partial charge < -0.3 is 20.4 Å². The number of hydrogen-bond acceptors (Lipinski definition) is 5. The third kappa shape index (κ3) is 6.12. The third-order valence-electron chi connectivity index (χ3n) is 4.66. The second kappa shape index (κ2) is 10.2. The van der Waals surface area contributed by atoms with Crippen LogP contribution in [0, 0.1) is 0 Å². The summed E-state index contributed by atoms with van der Waals surface area (Å²) in [6.45, 7) is 2.04. The summed E-state index contributed by atoms with van der Waals surface area (Å²) in [7, 11) is 3.84. The SMILES string of the molecule is CN(C)c1ncccc1CNC(=O)Nc1ccc(CC(=O)N2CCSCC2)cc1. The number of carbonyl (C=O) groups is 2. The number of anilines is 2. The molecule has 0 unspecified atom stereocenters. The number of thioether (sulfide) groups is 1. The predicted octanol–water partition coefficient (Wildman–Crippen LogP) is 2.59. The van der Waals surface area contributed by atoms with Crippen molar-refractivity contribution in [2.24, 2.45) is 0 Å². The van der Waals surface area contributed by atoms with E-state index < -0.39 is 0 Å². The zero-order valence-electron chi connectivity index (χ0n) is 16.9. The minimum absolute atomic E-state index is 0.164. The Labute approximate surface area is 175 Å². The number of benzene rings is 1. The summed E-state index contributed by atoms with van der Waals surface area (Å²) < 4.78 is 0. The Morgan fingerprint density at radius 2 is 1.86 bits per heavy atom. The van der Waals surface area contributed by atoms with Gasteiger partial charge in [-0.25, -0.2) is 9.78 Å². The topological polar surface area (TPSA) is 77.6 Å². The first kappa shape index (κ1) is 21.0. The smallest absolute Gasteiger partial charge is 0.319 e. The highest BCUT2D eigenvalue weighted by Crippen LogP contribution is 2.15. The van der Waals surface area contributed by atoms with Crippen LogP contribution in [0.25, 0.3) is 0 Å². The Balaban J connectivity index is 1.49. The normalized spacial score (nSPS) is 13.7. The Bertz CT molecular complexity index is 835. The standard InChI is InChI=1S/C21H27N5O2S/c1-25(2)20-17(4-3-9-22-20)15-23-21(28)24-18-7-5-16(6-8-18)14-19(27)26-10-12-29-13-11-26/h3-9H,10-15H2,1-2H3,(H2,23,24,28). The molecule has 1 aliphatic heterocycles. The molecule has 29 heavy (non-hydrogen) atoms. The molecule has 0 aliphatic carbocycles. The first-order chi connectivity index (χ1) is 14.0. The zero-order valence-corrected chi connectivity index (χ0v) is 17.7. The lowest BCUT2D eigenvalue weighted by molar-refractivity contribution is -0.130. The molecule has 8 heteroatoms. The van der Waals surface area contributed by atoms with Crippen molar-refractivity contribution in [3.63, 3.8) is 0 Å². The van der Waals surface area contributed by atoms with E-state index in [9.17, 15) is 9.59 Å². The molecule has 1 aromatic carbocycles. The van der Waals surface area contributed by atoms with Crippen LogP contribution in [0.3, 0.4) is 0 Å². The number of hydrogen-bond donors (Lipinski definition) is 2. The molecule has 3 amide bonds. The van der Waals surface area contributed by atoms with Crippen LogP contribution in [-0.2, 0) is 17.8 Å². The van der Waals surface area contributed by atoms with E-state index in [0.29, 0.717) is 18.7 Å². The van der Waals surface area contributed by atoms with Gasteiger partial charge in [-0.05, 0) is 23.8 Å². The van der Waals surface area contributed by atoms with E-state index in [-0.39, 0.29) is 11.9 Å². The molecule has 2 N–H and O–H groups in total. The van der Waals surface area contributed by atoms with Crippen LogP contribution in [0.2, 0.25) is 0 Å². The van der Waals surface area contributed by atoms with Crippen LogP contribution >= 0.6 is 11.8 Å². The van der Waals surface area contributed by atoms with Gasteiger partial charge in [0.2, 0.25) is 5.91 Å². The average molecular weight is 414 g/mol. The van der Waals surface area contributed by atoms with Crippen molar-refractivity contribution in [3.8, 4) is 0 Å². The highest BCUT2D eigenvalue weighted by atomic mass is 32.2. The van der Waals surface area contributed by atoms with Crippen molar-refractivity contribution in [2.45, 2.75) is 13.0 Å². The molecule has 0 radical (unpaired) electrons. The first-order valence-electron chi connectivity index (χ1n) is 9.63. The number of carbonyl (C=O) groups excluding carboxylic acids is 2. The van der Waals surface area contributed by atoms with Gasteiger partial charge in [0.15, 0.2) is 0 Å². The molecule has 7 nitrogen and oxygen atoms in total. The van der Waals surface area contributed by atoms with Gasteiger partial charge in [0.1, 0.15) is 5.82 Å². The van der Waals surface area contributed by atoms with Crippen LogP contribution < -0.4 is 15.5 Å². The molecule has 2 aromatic rings. The van der Waals surface area contributed by atoms with E-state index in [0.717, 1.165) is 41.5 Å². The second-order valence-corrected chi connectivity index (χ2v) is 8.28. The van der Waals surface area contributed by atoms with Gasteiger partial charge in [-0.15, -0.1) is 0 Å². The highest BCUT2D eigenvalue weighted by molar-refractivity contribution is 7.99. The van der Waals surface area contributed by atoms with Crippen LogP contribution in [-0.4, -0.2) is 60.5 Å². The third-order valence-corrected chi connectivity index (χ3v) is 5.60. The summed E-state index contributed by atoms with van der Waals surface area (Å²) in [5.74, 6) is 3.02. The summed E-state index contributed by atoms with van der Waals surface area (Å²) in [6, 6.07) is 10.9. The molecule has 0 saturated carbocycles. The Morgan fingerprint density at radius 3 is 2.55 bits per heavy atom. The van der Waals surface area contributed by atoms with Gasteiger partial charge in [-0.2, -0.15) is 11.8 Å². The maximum atomic E-state index is 12.4. The number of amides is 3. The molecule has 1 aliphatic rings. The molecule has 1 saturated heterocycles. The number of urea groups is 1. The number of nitrogens with zero attached hydrogens (tertiary/aromatic N) is 3. The fraction of sp³-hybridized carbons (Fsp3) is 0.381. The summed E-state index contributed by atoms with van der Waals surface area (Å²) in [4.78, 5) is 32.7. The van der Waals surface area contributed by atoms with E-state index in [2.05, 4.69) is 15.6 Å². The minimum atomic E-state index is -0.284. The molecule has 154 valence electrons. The van der Waals surface area contributed by atoms with Crippen molar-refractivity contribution >= 4 is 35.2 Å². The van der Waals surface area contributed by atoms with Crippen molar-refractivity contribution in [2.75, 3.05) is 48.9 Å². The molecular weight excluding hydrogens is 386 g/mol. The minimum Gasteiger partial charge on any atom is -0.362 e. The molecule has 0 spiro atoms. The molecular formula is C21H27N5O2S. The maximum Gasteiger partial charge on any atom is 0.319 e. The lowest BCUT2D eigenvalue weighted by atomic mass is 10.1. The van der Waals surface area contributed by atoms with Crippen LogP contribution in [0.5, 0.6) is 0 Å². The summed E-state index contributed by atoms with van der Waals surface area (Å²) in [5.41, 5.74) is 2.58. The van der Waals surface area contributed by atoms with E-state index in [1.807, 2.05) is 72.1 Å². The van der Waals surface area contributed by atoms with Gasteiger partial charge >= 0.3 is 6.03 Å². The Kier molecular flexibility index (Phi) is 7.35. The maximum absolute atomic E-state index is 12.4. The number of nitrogens with one attached hydrogen (secondary N) is 2. The molecule has 0 bridgehead atoms. The zero-order chi connectivity index (χ0) is 20.6. The lowest BCUT2D eigenvalue weighted by Crippen LogP contribution is -2.38. The quantitative estimate of drug-likeness (QED) is 0.761. The van der Waals surface area contributed by atoms with Crippen LogP contribution in [0.1, 0.15) is 11.1 Å². The molecule has 1 fully saturated rings. The van der Waals surface area contributed by atoms with Crippen molar-refractivity contribution < 1.29 is 9.59 Å². The summed E-state index contributed by atoms with van der Waals surface area (Å²) in [6.07, 6.45) is 2.13. The van der Waals surface area contributed by atoms with Crippen molar-refractivity contribution in [3.05, 3.63) is 53.7 Å². The van der Waals surface area contributed by atoms with Gasteiger partial charge in [0.25, 0.3) is 0 Å². The van der Waals surface area contributed by atoms with E-state index in [1.54, 1.807) is 6.20 Å². The number of pyridine rings is 1. The second-order valence-electron chi connectivity index (χ2n) is 7.06. The lowest BCUT2D eigenvalue weighted by Gasteiger charge is -2.26. The van der Waals surface area contributed by atoms with Crippen molar-refractivity contribution in [1.29, 1.82) is 0 Å². The van der Waals surface area contributed by atoms with Gasteiger partial charge in [-0.3, -0.25) is 4.79 Å². The number of rotatable bonds is 6. The molecule has 2 heterocycles. The van der Waals surface area contributed by atoms with E-state index >= 15 is 0 Å². The van der Waals surface area contributed by atoms with Crippen LogP contribution in [0.4, 0.5) is 16.3 Å².